The molecule has 3 unspecified atom stereocenters. The lowest BCUT2D eigenvalue weighted by molar-refractivity contribution is 0.549. The first-order valence-electron chi connectivity index (χ1n) is 4.09. The molecule has 1 rings (SSSR count). The fraction of sp³-hybridized carbons (Fsp3) is 1.00. The lowest BCUT2D eigenvalue weighted by Gasteiger charge is -2.17. The Bertz CT molecular complexity index is 105. The highest BCUT2D eigenvalue weighted by molar-refractivity contribution is 8.00. The highest BCUT2D eigenvalue weighted by Crippen LogP contribution is 2.24. The van der Waals surface area contributed by atoms with Crippen molar-refractivity contribution in [2.75, 3.05) is 6.54 Å². The van der Waals surface area contributed by atoms with Crippen LogP contribution >= 0.6 is 11.8 Å². The number of thioether (sulfide) groups is 1. The third-order valence-electron chi connectivity index (χ3n) is 2.17. The summed E-state index contributed by atoms with van der Waals surface area (Å²) in [6.07, 6.45) is 1.32. The number of hydrogen-bond donors (Lipinski definition) is 1. The first-order valence-corrected chi connectivity index (χ1v) is 5.03. The minimum absolute atomic E-state index is 0.690. The number of nitrogens with one attached hydrogen (secondary N) is 1. The molecule has 0 aliphatic carbocycles. The van der Waals surface area contributed by atoms with Crippen LogP contribution in [0.5, 0.6) is 0 Å². The lowest BCUT2D eigenvalue weighted by Crippen LogP contribution is -2.32. The van der Waals surface area contributed by atoms with E-state index >= 15 is 0 Å². The van der Waals surface area contributed by atoms with E-state index in [1.807, 2.05) is 0 Å². The predicted molar refractivity (Wildman–Crippen MR) is 48.6 cm³/mol. The van der Waals surface area contributed by atoms with E-state index in [9.17, 15) is 0 Å². The van der Waals surface area contributed by atoms with Gasteiger partial charge in [-0.1, -0.05) is 13.8 Å². The van der Waals surface area contributed by atoms with Crippen LogP contribution in [-0.2, 0) is 0 Å². The Morgan fingerprint density at radius 1 is 1.30 bits per heavy atom. The summed E-state index contributed by atoms with van der Waals surface area (Å²) in [6.45, 7) is 8.10. The van der Waals surface area contributed by atoms with Crippen molar-refractivity contribution in [2.45, 2.75) is 43.7 Å². The van der Waals surface area contributed by atoms with Crippen molar-refractivity contribution in [1.82, 2.24) is 5.32 Å². The van der Waals surface area contributed by atoms with Gasteiger partial charge >= 0.3 is 0 Å². The molecule has 1 fully saturated rings. The minimum Gasteiger partial charge on any atom is -0.313 e. The highest BCUT2D eigenvalue weighted by atomic mass is 32.2. The van der Waals surface area contributed by atoms with Crippen molar-refractivity contribution in [3.05, 3.63) is 0 Å². The average molecular weight is 159 g/mol. The van der Waals surface area contributed by atoms with Crippen molar-refractivity contribution < 1.29 is 0 Å². The monoisotopic (exact) mass is 159 g/mol. The molecule has 0 amide bonds. The molecule has 3 atom stereocenters. The summed E-state index contributed by atoms with van der Waals surface area (Å²) in [4.78, 5) is 0. The third kappa shape index (κ3) is 2.17. The van der Waals surface area contributed by atoms with Crippen LogP contribution in [0, 0.1) is 0 Å². The summed E-state index contributed by atoms with van der Waals surface area (Å²) in [7, 11) is 0. The first kappa shape index (κ1) is 8.41. The van der Waals surface area contributed by atoms with Crippen LogP contribution in [0.15, 0.2) is 0 Å². The lowest BCUT2D eigenvalue weighted by atomic mass is 10.2. The van der Waals surface area contributed by atoms with E-state index in [0.29, 0.717) is 6.04 Å². The van der Waals surface area contributed by atoms with Gasteiger partial charge in [-0.25, -0.2) is 0 Å². The van der Waals surface area contributed by atoms with Gasteiger partial charge in [-0.3, -0.25) is 0 Å². The standard InChI is InChI=1S/C8H17NS/c1-6-4-5-9-7(2)8(3)10-6/h6-9H,4-5H2,1-3H3. The van der Waals surface area contributed by atoms with E-state index in [2.05, 4.69) is 37.8 Å². The first-order chi connectivity index (χ1) is 4.70. The van der Waals surface area contributed by atoms with Crippen LogP contribution in [0.2, 0.25) is 0 Å². The molecule has 0 bridgehead atoms. The minimum atomic E-state index is 0.690. The molecular formula is C8H17NS. The second kappa shape index (κ2) is 3.63. The van der Waals surface area contributed by atoms with E-state index in [1.165, 1.54) is 13.0 Å². The zero-order valence-corrected chi connectivity index (χ0v) is 7.87. The Hall–Kier alpha value is 0.310. The Morgan fingerprint density at radius 3 is 2.70 bits per heavy atom. The van der Waals surface area contributed by atoms with Crippen molar-refractivity contribution >= 4 is 11.8 Å². The smallest absolute Gasteiger partial charge is 0.0172 e. The van der Waals surface area contributed by atoms with E-state index < -0.39 is 0 Å². The molecule has 1 aliphatic heterocycles. The zero-order valence-electron chi connectivity index (χ0n) is 7.05. The fourth-order valence-electron chi connectivity index (χ4n) is 1.23. The molecule has 1 heterocycles. The van der Waals surface area contributed by atoms with Gasteiger partial charge in [-0.05, 0) is 19.9 Å². The van der Waals surface area contributed by atoms with Crippen LogP contribution in [0.3, 0.4) is 0 Å². The predicted octanol–water partition coefficient (Wildman–Crippen LogP) is 1.88. The van der Waals surface area contributed by atoms with Crippen LogP contribution in [-0.4, -0.2) is 23.1 Å². The van der Waals surface area contributed by atoms with Crippen LogP contribution < -0.4 is 5.32 Å². The normalized spacial score (nSPS) is 42.9. The largest absolute Gasteiger partial charge is 0.313 e. The Morgan fingerprint density at radius 2 is 2.00 bits per heavy atom. The van der Waals surface area contributed by atoms with Crippen molar-refractivity contribution in [2.24, 2.45) is 0 Å². The molecule has 1 nitrogen and oxygen atoms in total. The number of hydrogen-bond acceptors (Lipinski definition) is 2. The van der Waals surface area contributed by atoms with Crippen LogP contribution in [0.25, 0.3) is 0 Å². The van der Waals surface area contributed by atoms with Gasteiger partial charge in [0, 0.05) is 16.5 Å². The van der Waals surface area contributed by atoms with Crippen LogP contribution in [0.4, 0.5) is 0 Å². The molecule has 10 heavy (non-hydrogen) atoms. The molecule has 2 heteroatoms. The summed E-state index contributed by atoms with van der Waals surface area (Å²) in [6, 6.07) is 0.690. The molecule has 0 aromatic heterocycles. The molecule has 60 valence electrons. The van der Waals surface area contributed by atoms with Gasteiger partial charge in [0.05, 0.1) is 0 Å². The van der Waals surface area contributed by atoms with E-state index in [4.69, 9.17) is 0 Å². The van der Waals surface area contributed by atoms with Gasteiger partial charge in [0.25, 0.3) is 0 Å². The number of rotatable bonds is 0. The molecule has 0 saturated carbocycles. The third-order valence-corrected chi connectivity index (χ3v) is 3.71. The van der Waals surface area contributed by atoms with Crippen molar-refractivity contribution in [3.63, 3.8) is 0 Å². The van der Waals surface area contributed by atoms with Gasteiger partial charge < -0.3 is 5.32 Å². The van der Waals surface area contributed by atoms with Crippen molar-refractivity contribution in [3.8, 4) is 0 Å². The van der Waals surface area contributed by atoms with Gasteiger partial charge in [0.1, 0.15) is 0 Å². The van der Waals surface area contributed by atoms with Gasteiger partial charge in [0.2, 0.25) is 0 Å². The Labute approximate surface area is 68.0 Å². The van der Waals surface area contributed by atoms with E-state index in [1.54, 1.807) is 0 Å². The summed E-state index contributed by atoms with van der Waals surface area (Å²) in [5, 5.41) is 5.12. The topological polar surface area (TPSA) is 12.0 Å². The quantitative estimate of drug-likeness (QED) is 0.579. The maximum Gasteiger partial charge on any atom is 0.0172 e. The van der Waals surface area contributed by atoms with E-state index in [0.717, 1.165) is 10.5 Å². The Kier molecular flexibility index (Phi) is 3.05. The maximum absolute atomic E-state index is 3.50. The molecular weight excluding hydrogens is 142 g/mol. The van der Waals surface area contributed by atoms with Gasteiger partial charge in [-0.15, -0.1) is 0 Å². The fourth-order valence-corrected chi connectivity index (χ4v) is 2.55. The zero-order chi connectivity index (χ0) is 7.56. The summed E-state index contributed by atoms with van der Waals surface area (Å²) >= 11 is 2.11. The SMILES string of the molecule is CC1CCNC(C)C(C)S1. The molecule has 0 aromatic rings. The molecule has 0 aromatic carbocycles. The summed E-state index contributed by atoms with van der Waals surface area (Å²) < 4.78 is 0. The maximum atomic E-state index is 3.50. The van der Waals surface area contributed by atoms with E-state index in [-0.39, 0.29) is 0 Å². The second-order valence-corrected chi connectivity index (χ2v) is 5.00. The van der Waals surface area contributed by atoms with Crippen LogP contribution in [0.1, 0.15) is 27.2 Å². The average Bonchev–Trinajstić information content (AvgIpc) is 1.96. The van der Waals surface area contributed by atoms with Gasteiger partial charge in [-0.2, -0.15) is 11.8 Å². The highest BCUT2D eigenvalue weighted by Gasteiger charge is 2.18. The van der Waals surface area contributed by atoms with Crippen molar-refractivity contribution in [1.29, 1.82) is 0 Å². The van der Waals surface area contributed by atoms with Gasteiger partial charge in [0.15, 0.2) is 0 Å². The second-order valence-electron chi connectivity index (χ2n) is 3.18. The summed E-state index contributed by atoms with van der Waals surface area (Å²) in [5.74, 6) is 0. The Balaban J connectivity index is 2.41. The molecule has 1 aliphatic rings. The molecule has 0 spiro atoms. The molecule has 1 N–H and O–H groups in total. The molecule has 1 saturated heterocycles. The molecule has 0 radical (unpaired) electrons. The summed E-state index contributed by atoms with van der Waals surface area (Å²) in [5.41, 5.74) is 0.